The summed E-state index contributed by atoms with van der Waals surface area (Å²) in [7, 11) is 0. The number of carboxylic acid groups (broad SMARTS) is 1. The van der Waals surface area contributed by atoms with Crippen LogP contribution in [0.2, 0.25) is 0 Å². The third kappa shape index (κ3) is 3.04. The summed E-state index contributed by atoms with van der Waals surface area (Å²) in [6.45, 7) is -0.265. The fourth-order valence-corrected chi connectivity index (χ4v) is 1.76. The molecule has 0 aliphatic rings. The number of carbonyl (C=O) groups excluding carboxylic acids is 1. The van der Waals surface area contributed by atoms with Gasteiger partial charge in [0, 0.05) is 5.69 Å². The molecule has 1 amide bonds. The predicted octanol–water partition coefficient (Wildman–Crippen LogP) is 1.47. The Bertz CT molecular complexity index is 607. The highest BCUT2D eigenvalue weighted by molar-refractivity contribution is 6.06. The van der Waals surface area contributed by atoms with Crippen molar-refractivity contribution in [1.29, 1.82) is 0 Å². The van der Waals surface area contributed by atoms with Crippen LogP contribution in [0, 0.1) is 0 Å². The van der Waals surface area contributed by atoms with Gasteiger partial charge in [-0.05, 0) is 24.3 Å². The smallest absolute Gasteiger partial charge is 0.323 e. The van der Waals surface area contributed by atoms with Gasteiger partial charge in [0.25, 0.3) is 5.91 Å². The number of amides is 1. The first-order valence-electron chi connectivity index (χ1n) is 5.99. The van der Waals surface area contributed by atoms with E-state index in [9.17, 15) is 9.59 Å². The molecule has 104 valence electrons. The molecule has 20 heavy (non-hydrogen) atoms. The topological polar surface area (TPSA) is 96.8 Å². The molecule has 0 aliphatic carbocycles. The molecule has 2 aromatic rings. The van der Waals surface area contributed by atoms with Crippen LogP contribution in [-0.4, -0.2) is 23.5 Å². The molecule has 6 nitrogen and oxygen atoms in total. The molecule has 0 saturated heterocycles. The summed E-state index contributed by atoms with van der Waals surface area (Å²) in [6, 6.07) is 11.6. The number of hydrogen-bond acceptors (Lipinski definition) is 4. The van der Waals surface area contributed by atoms with Crippen LogP contribution < -0.4 is 10.6 Å². The number of carbonyl (C=O) groups is 2. The van der Waals surface area contributed by atoms with Crippen molar-refractivity contribution in [3.05, 3.63) is 54.0 Å². The molecular formula is C14H14N2O4. The highest BCUT2D eigenvalue weighted by atomic mass is 16.4. The second-order valence-corrected chi connectivity index (χ2v) is 4.09. The van der Waals surface area contributed by atoms with E-state index in [1.165, 1.54) is 6.07 Å². The Kier molecular flexibility index (Phi) is 4.17. The summed E-state index contributed by atoms with van der Waals surface area (Å²) in [5.41, 5.74) is 5.91. The molecule has 0 fully saturated rings. The van der Waals surface area contributed by atoms with Crippen LogP contribution in [0.3, 0.4) is 0 Å². The van der Waals surface area contributed by atoms with Gasteiger partial charge in [-0.2, -0.15) is 0 Å². The van der Waals surface area contributed by atoms with Gasteiger partial charge in [0.05, 0.1) is 6.54 Å². The Hall–Kier alpha value is -2.60. The molecule has 6 heteroatoms. The minimum absolute atomic E-state index is 0.0653. The van der Waals surface area contributed by atoms with Crippen LogP contribution >= 0.6 is 0 Å². The zero-order valence-corrected chi connectivity index (χ0v) is 10.7. The molecule has 1 aromatic carbocycles. The number of nitrogens with two attached hydrogens (primary N) is 1. The zero-order chi connectivity index (χ0) is 14.5. The summed E-state index contributed by atoms with van der Waals surface area (Å²) in [6.07, 6.45) is 0. The van der Waals surface area contributed by atoms with Crippen LogP contribution in [0.15, 0.2) is 46.9 Å². The van der Waals surface area contributed by atoms with Crippen molar-refractivity contribution in [2.45, 2.75) is 6.54 Å². The molecule has 0 unspecified atom stereocenters. The summed E-state index contributed by atoms with van der Waals surface area (Å²) in [5, 5.41) is 8.95. The Balaban J connectivity index is 2.31. The van der Waals surface area contributed by atoms with Crippen molar-refractivity contribution in [3.63, 3.8) is 0 Å². The van der Waals surface area contributed by atoms with Gasteiger partial charge < -0.3 is 15.3 Å². The van der Waals surface area contributed by atoms with Gasteiger partial charge in [-0.1, -0.05) is 18.2 Å². The molecule has 0 atom stereocenters. The number of rotatable bonds is 5. The second-order valence-electron chi connectivity index (χ2n) is 4.09. The van der Waals surface area contributed by atoms with E-state index >= 15 is 0 Å². The number of aliphatic carboxylic acids is 1. The lowest BCUT2D eigenvalue weighted by atomic mass is 10.2. The van der Waals surface area contributed by atoms with Crippen molar-refractivity contribution in [1.82, 2.24) is 0 Å². The van der Waals surface area contributed by atoms with Crippen molar-refractivity contribution in [2.75, 3.05) is 11.4 Å². The lowest BCUT2D eigenvalue weighted by Gasteiger charge is -2.19. The monoisotopic (exact) mass is 274 g/mol. The summed E-state index contributed by atoms with van der Waals surface area (Å²) in [4.78, 5) is 24.4. The molecule has 1 heterocycles. The molecule has 2 rings (SSSR count). The maximum absolute atomic E-state index is 12.3. The van der Waals surface area contributed by atoms with Gasteiger partial charge in [0.15, 0.2) is 5.76 Å². The molecule has 3 N–H and O–H groups in total. The third-order valence-electron chi connectivity index (χ3n) is 2.68. The van der Waals surface area contributed by atoms with E-state index in [0.717, 1.165) is 4.90 Å². The number of furan rings is 1. The highest BCUT2D eigenvalue weighted by Gasteiger charge is 2.22. The van der Waals surface area contributed by atoms with Gasteiger partial charge >= 0.3 is 5.97 Å². The molecule has 0 spiro atoms. The Morgan fingerprint density at radius 2 is 1.85 bits per heavy atom. The summed E-state index contributed by atoms with van der Waals surface area (Å²) >= 11 is 0. The van der Waals surface area contributed by atoms with Crippen molar-refractivity contribution in [2.24, 2.45) is 5.73 Å². The molecule has 1 aromatic heterocycles. The molecule has 0 aliphatic heterocycles. The Labute approximate surface area is 115 Å². The largest absolute Gasteiger partial charge is 0.480 e. The van der Waals surface area contributed by atoms with Crippen LogP contribution in [0.1, 0.15) is 16.3 Å². The summed E-state index contributed by atoms with van der Waals surface area (Å²) < 4.78 is 5.27. The van der Waals surface area contributed by atoms with Gasteiger partial charge in [-0.3, -0.25) is 14.5 Å². The van der Waals surface area contributed by atoms with E-state index in [1.807, 2.05) is 0 Å². The van der Waals surface area contributed by atoms with E-state index in [-0.39, 0.29) is 12.3 Å². The zero-order valence-electron chi connectivity index (χ0n) is 10.7. The SMILES string of the molecule is NCc1ccc(C(=O)N(CC(=O)O)c2ccccc2)o1. The number of nitrogens with zero attached hydrogens (tertiary/aromatic N) is 1. The van der Waals surface area contributed by atoms with Gasteiger partial charge in [-0.25, -0.2) is 0 Å². The first-order valence-corrected chi connectivity index (χ1v) is 5.99. The van der Waals surface area contributed by atoms with Crippen molar-refractivity contribution < 1.29 is 19.1 Å². The minimum Gasteiger partial charge on any atom is -0.480 e. The Morgan fingerprint density at radius 3 is 2.40 bits per heavy atom. The van der Waals surface area contributed by atoms with E-state index in [4.69, 9.17) is 15.3 Å². The highest BCUT2D eigenvalue weighted by Crippen LogP contribution is 2.18. The number of anilines is 1. The number of carboxylic acids is 1. The van der Waals surface area contributed by atoms with E-state index in [2.05, 4.69) is 0 Å². The maximum atomic E-state index is 12.3. The maximum Gasteiger partial charge on any atom is 0.323 e. The normalized spacial score (nSPS) is 10.2. The minimum atomic E-state index is -1.10. The van der Waals surface area contributed by atoms with E-state index in [1.54, 1.807) is 36.4 Å². The fraction of sp³-hybridized carbons (Fsp3) is 0.143. The quantitative estimate of drug-likeness (QED) is 0.860. The Morgan fingerprint density at radius 1 is 1.15 bits per heavy atom. The van der Waals surface area contributed by atoms with Crippen LogP contribution in [0.5, 0.6) is 0 Å². The molecule has 0 radical (unpaired) electrons. The lowest BCUT2D eigenvalue weighted by molar-refractivity contribution is -0.135. The molecule has 0 bridgehead atoms. The lowest BCUT2D eigenvalue weighted by Crippen LogP contribution is -2.35. The standard InChI is InChI=1S/C14H14N2O4/c15-8-11-6-7-12(20-11)14(19)16(9-13(17)18)10-4-2-1-3-5-10/h1-7H,8-9,15H2,(H,17,18). The van der Waals surface area contributed by atoms with Crippen molar-refractivity contribution in [3.8, 4) is 0 Å². The first-order chi connectivity index (χ1) is 9.61. The predicted molar refractivity (Wildman–Crippen MR) is 72.4 cm³/mol. The van der Waals surface area contributed by atoms with Crippen molar-refractivity contribution >= 4 is 17.6 Å². The average Bonchev–Trinajstić information content (AvgIpc) is 2.94. The fourth-order valence-electron chi connectivity index (χ4n) is 1.76. The average molecular weight is 274 g/mol. The summed E-state index contributed by atoms with van der Waals surface area (Å²) in [5.74, 6) is -1.08. The number of benzene rings is 1. The van der Waals surface area contributed by atoms with E-state index in [0.29, 0.717) is 11.4 Å². The van der Waals surface area contributed by atoms with Crippen LogP contribution in [-0.2, 0) is 11.3 Å². The van der Waals surface area contributed by atoms with E-state index < -0.39 is 18.4 Å². The first kappa shape index (κ1) is 13.8. The second kappa shape index (κ2) is 6.03. The number of para-hydroxylation sites is 1. The third-order valence-corrected chi connectivity index (χ3v) is 2.68. The van der Waals surface area contributed by atoms with Gasteiger partial charge in [0.1, 0.15) is 12.3 Å². The van der Waals surface area contributed by atoms with Crippen LogP contribution in [0.4, 0.5) is 5.69 Å². The van der Waals surface area contributed by atoms with Gasteiger partial charge in [0.2, 0.25) is 0 Å². The van der Waals surface area contributed by atoms with Gasteiger partial charge in [-0.15, -0.1) is 0 Å². The van der Waals surface area contributed by atoms with Crippen LogP contribution in [0.25, 0.3) is 0 Å². The number of hydrogen-bond donors (Lipinski definition) is 2. The molecular weight excluding hydrogens is 260 g/mol. The molecule has 0 saturated carbocycles.